The number of nitrogens with zero attached hydrogens (tertiary/aromatic N) is 5. The molecule has 25 heavy (non-hydrogen) atoms. The minimum atomic E-state index is 0.616. The van der Waals surface area contributed by atoms with Crippen LogP contribution < -0.4 is 4.74 Å². The van der Waals surface area contributed by atoms with E-state index in [1.54, 1.807) is 23.1 Å². The van der Waals surface area contributed by atoms with Crippen molar-refractivity contribution in [2.75, 3.05) is 7.11 Å². The Kier molecular flexibility index (Phi) is 4.49. The topological polar surface area (TPSA) is 78.9 Å². The summed E-state index contributed by atoms with van der Waals surface area (Å²) in [4.78, 5) is 1.06. The third-order valence-corrected chi connectivity index (χ3v) is 5.27. The third-order valence-electron chi connectivity index (χ3n) is 3.43. The minimum Gasteiger partial charge on any atom is -0.497 e. The maximum atomic E-state index is 5.39. The summed E-state index contributed by atoms with van der Waals surface area (Å²) in [7, 11) is 1.63. The molecule has 7 nitrogen and oxygen atoms in total. The Morgan fingerprint density at radius 3 is 2.88 bits per heavy atom. The summed E-state index contributed by atoms with van der Waals surface area (Å²) in [5.41, 5.74) is 1.71. The number of hydrogen-bond donors (Lipinski definition) is 0. The molecule has 4 aromatic rings. The quantitative estimate of drug-likeness (QED) is 0.478. The maximum Gasteiger partial charge on any atom is 0.214 e. The zero-order valence-electron chi connectivity index (χ0n) is 13.2. The number of ether oxygens (including phenoxy) is 1. The zero-order valence-corrected chi connectivity index (χ0v) is 14.8. The second kappa shape index (κ2) is 7.08. The van der Waals surface area contributed by atoms with Crippen LogP contribution in [0.3, 0.4) is 0 Å². The smallest absolute Gasteiger partial charge is 0.214 e. The number of tetrazole rings is 1. The fourth-order valence-corrected chi connectivity index (χ4v) is 3.65. The molecule has 0 aliphatic heterocycles. The second-order valence-corrected chi connectivity index (χ2v) is 6.91. The van der Waals surface area contributed by atoms with E-state index in [0.717, 1.165) is 27.8 Å². The number of rotatable bonds is 6. The lowest BCUT2D eigenvalue weighted by atomic mass is 10.3. The van der Waals surface area contributed by atoms with Gasteiger partial charge in [0.05, 0.1) is 23.4 Å². The van der Waals surface area contributed by atoms with Crippen molar-refractivity contribution in [1.29, 1.82) is 0 Å². The first kappa shape index (κ1) is 15.9. The van der Waals surface area contributed by atoms with Crippen LogP contribution in [-0.4, -0.2) is 32.5 Å². The maximum absolute atomic E-state index is 5.39. The van der Waals surface area contributed by atoms with Gasteiger partial charge in [0.25, 0.3) is 0 Å². The van der Waals surface area contributed by atoms with Gasteiger partial charge in [0.2, 0.25) is 5.16 Å². The Bertz CT molecular complexity index is 947. The van der Waals surface area contributed by atoms with Gasteiger partial charge in [0.15, 0.2) is 5.76 Å². The molecule has 0 bridgehead atoms. The van der Waals surface area contributed by atoms with Crippen molar-refractivity contribution in [1.82, 2.24) is 25.4 Å². The monoisotopic (exact) mass is 371 g/mol. The van der Waals surface area contributed by atoms with Crippen LogP contribution in [0.5, 0.6) is 5.75 Å². The average Bonchev–Trinajstić information content (AvgIpc) is 3.40. The highest BCUT2D eigenvalue weighted by molar-refractivity contribution is 7.98. The molecule has 126 valence electrons. The van der Waals surface area contributed by atoms with Crippen molar-refractivity contribution in [2.45, 2.75) is 10.9 Å². The molecule has 0 N–H and O–H groups in total. The largest absolute Gasteiger partial charge is 0.497 e. The molecule has 3 aromatic heterocycles. The molecule has 0 aliphatic rings. The molecule has 0 unspecified atom stereocenters. The molecule has 0 saturated carbocycles. The summed E-state index contributed by atoms with van der Waals surface area (Å²) in [5, 5.41) is 18.7. The van der Waals surface area contributed by atoms with Gasteiger partial charge in [-0.1, -0.05) is 23.0 Å². The van der Waals surface area contributed by atoms with Crippen LogP contribution in [0, 0.1) is 0 Å². The summed E-state index contributed by atoms with van der Waals surface area (Å²) < 4.78 is 12.3. The van der Waals surface area contributed by atoms with Crippen LogP contribution >= 0.6 is 23.1 Å². The lowest BCUT2D eigenvalue weighted by Crippen LogP contribution is -1.99. The summed E-state index contributed by atoms with van der Waals surface area (Å²) in [6.07, 6.45) is 0. The Morgan fingerprint density at radius 2 is 2.12 bits per heavy atom. The molecule has 0 atom stereocenters. The van der Waals surface area contributed by atoms with Gasteiger partial charge in [-0.05, 0) is 46.1 Å². The lowest BCUT2D eigenvalue weighted by molar-refractivity contribution is 0.414. The average molecular weight is 371 g/mol. The number of aromatic nitrogens is 5. The summed E-state index contributed by atoms with van der Waals surface area (Å²) in [6, 6.07) is 13.5. The molecule has 0 fully saturated rings. The fraction of sp³-hybridized carbons (Fsp3) is 0.125. The normalized spacial score (nSPS) is 10.9. The Morgan fingerprint density at radius 1 is 1.24 bits per heavy atom. The van der Waals surface area contributed by atoms with E-state index < -0.39 is 0 Å². The fourth-order valence-electron chi connectivity index (χ4n) is 2.21. The molecular weight excluding hydrogens is 358 g/mol. The van der Waals surface area contributed by atoms with Gasteiger partial charge >= 0.3 is 0 Å². The Balaban J connectivity index is 1.48. The molecule has 4 rings (SSSR count). The van der Waals surface area contributed by atoms with Gasteiger partial charge in [-0.2, -0.15) is 4.68 Å². The van der Waals surface area contributed by atoms with E-state index in [1.807, 2.05) is 47.8 Å². The van der Waals surface area contributed by atoms with Gasteiger partial charge < -0.3 is 9.26 Å². The van der Waals surface area contributed by atoms with Gasteiger partial charge in [-0.25, -0.2) is 0 Å². The predicted molar refractivity (Wildman–Crippen MR) is 95.1 cm³/mol. The molecule has 9 heteroatoms. The first-order chi connectivity index (χ1) is 12.3. The van der Waals surface area contributed by atoms with Crippen molar-refractivity contribution in [3.63, 3.8) is 0 Å². The van der Waals surface area contributed by atoms with Crippen molar-refractivity contribution < 1.29 is 9.26 Å². The highest BCUT2D eigenvalue weighted by Gasteiger charge is 2.12. The van der Waals surface area contributed by atoms with Crippen LogP contribution in [0.2, 0.25) is 0 Å². The number of thioether (sulfide) groups is 1. The molecule has 0 radical (unpaired) electrons. The number of methoxy groups -OCH3 is 1. The van der Waals surface area contributed by atoms with Crippen LogP contribution in [0.4, 0.5) is 0 Å². The van der Waals surface area contributed by atoms with E-state index in [0.29, 0.717) is 10.9 Å². The molecule has 0 aliphatic carbocycles. The van der Waals surface area contributed by atoms with E-state index in [-0.39, 0.29) is 0 Å². The summed E-state index contributed by atoms with van der Waals surface area (Å²) >= 11 is 3.12. The second-order valence-electron chi connectivity index (χ2n) is 5.02. The first-order valence-corrected chi connectivity index (χ1v) is 9.25. The SMILES string of the molecule is COc1ccc(-n2nnnc2SCc2cc(-c3cccs3)on2)cc1. The van der Waals surface area contributed by atoms with Crippen LogP contribution in [-0.2, 0) is 5.75 Å². The van der Waals surface area contributed by atoms with Crippen molar-refractivity contribution >= 4 is 23.1 Å². The van der Waals surface area contributed by atoms with E-state index in [2.05, 4.69) is 20.7 Å². The lowest BCUT2D eigenvalue weighted by Gasteiger charge is -2.04. The molecule has 1 aromatic carbocycles. The van der Waals surface area contributed by atoms with E-state index in [9.17, 15) is 0 Å². The Labute approximate surface area is 151 Å². The molecule has 0 amide bonds. The van der Waals surface area contributed by atoms with Crippen LogP contribution in [0.1, 0.15) is 5.69 Å². The third kappa shape index (κ3) is 3.42. The highest BCUT2D eigenvalue weighted by atomic mass is 32.2. The van der Waals surface area contributed by atoms with Crippen LogP contribution in [0.25, 0.3) is 16.3 Å². The van der Waals surface area contributed by atoms with Crippen molar-refractivity contribution in [3.05, 3.63) is 53.5 Å². The van der Waals surface area contributed by atoms with Crippen molar-refractivity contribution in [3.8, 4) is 22.1 Å². The standard InChI is InChI=1S/C16H13N5O2S2/c1-22-13-6-4-12(5-7-13)21-16(17-19-20-21)25-10-11-9-14(23-18-11)15-3-2-8-24-15/h2-9H,10H2,1H3. The molecule has 0 spiro atoms. The summed E-state index contributed by atoms with van der Waals surface area (Å²) in [5.74, 6) is 2.18. The van der Waals surface area contributed by atoms with E-state index >= 15 is 0 Å². The van der Waals surface area contributed by atoms with E-state index in [4.69, 9.17) is 9.26 Å². The molecule has 0 saturated heterocycles. The summed E-state index contributed by atoms with van der Waals surface area (Å²) in [6.45, 7) is 0. The number of hydrogen-bond acceptors (Lipinski definition) is 8. The van der Waals surface area contributed by atoms with Gasteiger partial charge in [-0.3, -0.25) is 0 Å². The first-order valence-electron chi connectivity index (χ1n) is 7.38. The predicted octanol–water partition coefficient (Wildman–Crippen LogP) is 3.68. The zero-order chi connectivity index (χ0) is 17.1. The van der Waals surface area contributed by atoms with Gasteiger partial charge in [-0.15, -0.1) is 16.4 Å². The van der Waals surface area contributed by atoms with Gasteiger partial charge in [0, 0.05) is 11.8 Å². The highest BCUT2D eigenvalue weighted by Crippen LogP contribution is 2.28. The minimum absolute atomic E-state index is 0.616. The number of benzene rings is 1. The molecular formula is C16H13N5O2S2. The number of thiophene rings is 1. The van der Waals surface area contributed by atoms with E-state index in [1.165, 1.54) is 11.8 Å². The van der Waals surface area contributed by atoms with Crippen molar-refractivity contribution in [2.24, 2.45) is 0 Å². The Hall–Kier alpha value is -2.65. The van der Waals surface area contributed by atoms with Gasteiger partial charge in [0.1, 0.15) is 5.75 Å². The van der Waals surface area contributed by atoms with Crippen LogP contribution in [0.15, 0.2) is 57.5 Å². The molecule has 3 heterocycles.